The first-order valence-electron chi connectivity index (χ1n) is 5.13. The van der Waals surface area contributed by atoms with Gasteiger partial charge < -0.3 is 10.0 Å². The minimum atomic E-state index is -0.619. The largest absolute Gasteiger partial charge is 0.385 e. The third kappa shape index (κ3) is 2.33. The molecule has 0 amide bonds. The first-order valence-corrected chi connectivity index (χ1v) is 5.13. The Morgan fingerprint density at radius 2 is 2.13 bits per heavy atom. The summed E-state index contributed by atoms with van der Waals surface area (Å²) in [5, 5.41) is 10.3. The lowest BCUT2D eigenvalue weighted by molar-refractivity contribution is -0.00194. The summed E-state index contributed by atoms with van der Waals surface area (Å²) in [4.78, 5) is 10.1. The fourth-order valence-corrected chi connectivity index (χ4v) is 1.52. The molecule has 1 aromatic rings. The predicted octanol–water partition coefficient (Wildman–Crippen LogP) is 1.24. The maximum absolute atomic E-state index is 10.3. The summed E-state index contributed by atoms with van der Waals surface area (Å²) in [7, 11) is 3.92. The zero-order valence-electron chi connectivity index (χ0n) is 9.81. The van der Waals surface area contributed by atoms with Gasteiger partial charge in [-0.2, -0.15) is 0 Å². The molecule has 84 valence electrons. The maximum Gasteiger partial charge on any atom is 0.115 e. The van der Waals surface area contributed by atoms with Gasteiger partial charge in [-0.25, -0.2) is 0 Å². The van der Waals surface area contributed by atoms with E-state index in [4.69, 9.17) is 0 Å². The second-order valence-electron chi connectivity index (χ2n) is 4.14. The lowest BCUT2D eigenvalue weighted by Gasteiger charge is -2.39. The lowest BCUT2D eigenvalue weighted by atomic mass is 9.88. The van der Waals surface area contributed by atoms with Gasteiger partial charge in [0.2, 0.25) is 0 Å². The minimum Gasteiger partial charge on any atom is -0.385 e. The van der Waals surface area contributed by atoms with Crippen LogP contribution < -0.4 is 0 Å². The summed E-state index contributed by atoms with van der Waals surface area (Å²) in [6.07, 6.45) is 5.05. The number of hydrogen-bond donors (Lipinski definition) is 1. The van der Waals surface area contributed by atoms with Gasteiger partial charge in [-0.1, -0.05) is 6.92 Å². The number of aromatic nitrogens is 2. The van der Waals surface area contributed by atoms with Gasteiger partial charge in [0, 0.05) is 17.9 Å². The summed E-state index contributed by atoms with van der Waals surface area (Å²) in [6.45, 7) is 4.08. The third-order valence-corrected chi connectivity index (χ3v) is 3.19. The van der Waals surface area contributed by atoms with E-state index in [-0.39, 0.29) is 5.54 Å². The van der Waals surface area contributed by atoms with Crippen LogP contribution in [0.3, 0.4) is 0 Å². The summed E-state index contributed by atoms with van der Waals surface area (Å²) in [6, 6.07) is 0. The van der Waals surface area contributed by atoms with E-state index in [1.54, 1.807) is 18.6 Å². The van der Waals surface area contributed by atoms with Crippen molar-refractivity contribution in [3.8, 4) is 0 Å². The molecule has 1 aromatic heterocycles. The number of nitrogens with zero attached hydrogens (tertiary/aromatic N) is 3. The second-order valence-corrected chi connectivity index (χ2v) is 4.14. The zero-order chi connectivity index (χ0) is 11.5. The molecule has 0 saturated heterocycles. The Balaban J connectivity index is 2.97. The molecule has 0 bridgehead atoms. The molecular weight excluding hydrogens is 190 g/mol. The van der Waals surface area contributed by atoms with Crippen LogP contribution in [0.2, 0.25) is 0 Å². The van der Waals surface area contributed by atoms with E-state index in [0.717, 1.165) is 6.42 Å². The van der Waals surface area contributed by atoms with Gasteiger partial charge in [-0.15, -0.1) is 0 Å². The maximum atomic E-state index is 10.3. The van der Waals surface area contributed by atoms with E-state index in [1.165, 1.54) is 0 Å². The van der Waals surface area contributed by atoms with Crippen LogP contribution in [0.5, 0.6) is 0 Å². The number of rotatable bonds is 4. The van der Waals surface area contributed by atoms with Crippen LogP contribution in [0.15, 0.2) is 18.6 Å². The van der Waals surface area contributed by atoms with Gasteiger partial charge in [0.05, 0.1) is 11.9 Å². The van der Waals surface area contributed by atoms with Gasteiger partial charge >= 0.3 is 0 Å². The highest BCUT2D eigenvalue weighted by Crippen LogP contribution is 2.30. The highest BCUT2D eigenvalue weighted by Gasteiger charge is 2.35. The van der Waals surface area contributed by atoms with Gasteiger partial charge in [0.15, 0.2) is 0 Å². The fraction of sp³-hybridized carbons (Fsp3) is 0.636. The van der Waals surface area contributed by atoms with Crippen molar-refractivity contribution in [1.82, 2.24) is 14.9 Å². The van der Waals surface area contributed by atoms with Crippen LogP contribution in [0, 0.1) is 0 Å². The highest BCUT2D eigenvalue weighted by molar-refractivity contribution is 5.07. The molecule has 1 rings (SSSR count). The van der Waals surface area contributed by atoms with Gasteiger partial charge in [-0.3, -0.25) is 9.97 Å². The first kappa shape index (κ1) is 12.1. The Morgan fingerprint density at radius 3 is 2.53 bits per heavy atom. The highest BCUT2D eigenvalue weighted by atomic mass is 16.3. The summed E-state index contributed by atoms with van der Waals surface area (Å²) >= 11 is 0. The molecule has 0 aliphatic heterocycles. The van der Waals surface area contributed by atoms with Crippen LogP contribution in [-0.2, 0) is 0 Å². The molecule has 0 fully saturated rings. The monoisotopic (exact) mass is 209 g/mol. The molecular formula is C11H19N3O. The van der Waals surface area contributed by atoms with Crippen LogP contribution >= 0.6 is 0 Å². The summed E-state index contributed by atoms with van der Waals surface area (Å²) in [5.41, 5.74) is 0.311. The number of likely N-dealkylation sites (N-methyl/N-ethyl adjacent to an activating group) is 1. The fourth-order valence-electron chi connectivity index (χ4n) is 1.52. The van der Waals surface area contributed by atoms with Crippen molar-refractivity contribution < 1.29 is 5.11 Å². The van der Waals surface area contributed by atoms with E-state index in [1.807, 2.05) is 25.9 Å². The van der Waals surface area contributed by atoms with Crippen LogP contribution in [0.25, 0.3) is 0 Å². The van der Waals surface area contributed by atoms with Gasteiger partial charge in [0.1, 0.15) is 6.10 Å². The van der Waals surface area contributed by atoms with E-state index in [0.29, 0.717) is 5.69 Å². The van der Waals surface area contributed by atoms with Crippen molar-refractivity contribution >= 4 is 0 Å². The molecule has 1 heterocycles. The molecule has 2 unspecified atom stereocenters. The number of aliphatic hydroxyl groups excluding tert-OH is 1. The standard InChI is InChI=1S/C11H19N3O/c1-5-11(2,14(3)4)10(15)9-8-12-6-7-13-9/h6-8,10,15H,5H2,1-4H3. The molecule has 0 aromatic carbocycles. The molecule has 0 saturated carbocycles. The molecule has 0 radical (unpaired) electrons. The Morgan fingerprint density at radius 1 is 1.47 bits per heavy atom. The predicted molar refractivity (Wildman–Crippen MR) is 59.4 cm³/mol. The van der Waals surface area contributed by atoms with Crippen LogP contribution in [0.4, 0.5) is 0 Å². The quantitative estimate of drug-likeness (QED) is 0.810. The molecule has 2 atom stereocenters. The number of aliphatic hydroxyl groups is 1. The Labute approximate surface area is 91.0 Å². The Bertz CT molecular complexity index is 302. The Kier molecular flexibility index (Phi) is 3.77. The second kappa shape index (κ2) is 4.68. The lowest BCUT2D eigenvalue weighted by Crippen LogP contribution is -2.46. The van der Waals surface area contributed by atoms with Crippen molar-refractivity contribution in [3.05, 3.63) is 24.3 Å². The molecule has 4 nitrogen and oxygen atoms in total. The van der Waals surface area contributed by atoms with Crippen molar-refractivity contribution in [1.29, 1.82) is 0 Å². The molecule has 4 heteroatoms. The van der Waals surface area contributed by atoms with E-state index in [9.17, 15) is 5.11 Å². The van der Waals surface area contributed by atoms with Crippen molar-refractivity contribution in [2.45, 2.75) is 31.9 Å². The summed E-state index contributed by atoms with van der Waals surface area (Å²) in [5.74, 6) is 0. The Hall–Kier alpha value is -1.00. The smallest absolute Gasteiger partial charge is 0.115 e. The number of hydrogen-bond acceptors (Lipinski definition) is 4. The SMILES string of the molecule is CCC(C)(C(O)c1cnccn1)N(C)C. The van der Waals surface area contributed by atoms with Crippen molar-refractivity contribution in [2.75, 3.05) is 14.1 Å². The molecule has 0 aliphatic carbocycles. The van der Waals surface area contributed by atoms with Crippen molar-refractivity contribution in [3.63, 3.8) is 0 Å². The minimum absolute atomic E-state index is 0.309. The third-order valence-electron chi connectivity index (χ3n) is 3.19. The summed E-state index contributed by atoms with van der Waals surface area (Å²) < 4.78 is 0. The molecule has 15 heavy (non-hydrogen) atoms. The van der Waals surface area contributed by atoms with Crippen molar-refractivity contribution in [2.24, 2.45) is 0 Å². The first-order chi connectivity index (χ1) is 7.02. The molecule has 0 aliphatic rings. The van der Waals surface area contributed by atoms with Crippen LogP contribution in [0.1, 0.15) is 32.1 Å². The van der Waals surface area contributed by atoms with Crippen LogP contribution in [-0.4, -0.2) is 39.6 Å². The average Bonchev–Trinajstić information content (AvgIpc) is 2.28. The van der Waals surface area contributed by atoms with Gasteiger partial charge in [-0.05, 0) is 27.4 Å². The zero-order valence-corrected chi connectivity index (χ0v) is 9.81. The normalized spacial score (nSPS) is 17.5. The van der Waals surface area contributed by atoms with E-state index in [2.05, 4.69) is 16.9 Å². The average molecular weight is 209 g/mol. The van der Waals surface area contributed by atoms with Gasteiger partial charge in [0.25, 0.3) is 0 Å². The van der Waals surface area contributed by atoms with E-state index >= 15 is 0 Å². The topological polar surface area (TPSA) is 49.3 Å². The molecule has 1 N–H and O–H groups in total. The van der Waals surface area contributed by atoms with E-state index < -0.39 is 6.10 Å². The molecule has 0 spiro atoms.